The molecular weight excluding hydrogens is 254 g/mol. The summed E-state index contributed by atoms with van der Waals surface area (Å²) < 4.78 is 5.21. The van der Waals surface area contributed by atoms with Crippen molar-refractivity contribution < 1.29 is 4.74 Å². The molecule has 0 saturated heterocycles. The number of ether oxygens (including phenoxy) is 1. The summed E-state index contributed by atoms with van der Waals surface area (Å²) in [7, 11) is 1.67. The molecule has 0 fully saturated rings. The van der Waals surface area contributed by atoms with E-state index in [-0.39, 0.29) is 0 Å². The molecule has 4 N–H and O–H groups in total. The first-order valence-corrected chi connectivity index (χ1v) is 6.39. The van der Waals surface area contributed by atoms with E-state index in [1.165, 1.54) is 11.9 Å². The van der Waals surface area contributed by atoms with Gasteiger partial charge in [0.25, 0.3) is 0 Å². The molecule has 2 aromatic rings. The second kappa shape index (κ2) is 6.72. The lowest BCUT2D eigenvalue weighted by molar-refractivity contribution is 0.414. The van der Waals surface area contributed by atoms with Gasteiger partial charge in [-0.2, -0.15) is 0 Å². The Morgan fingerprint density at radius 1 is 1.25 bits per heavy atom. The van der Waals surface area contributed by atoms with Gasteiger partial charge in [0.05, 0.1) is 7.11 Å². The fourth-order valence-corrected chi connectivity index (χ4v) is 1.93. The van der Waals surface area contributed by atoms with Crippen LogP contribution in [0.3, 0.4) is 0 Å². The molecule has 0 aliphatic rings. The van der Waals surface area contributed by atoms with Crippen molar-refractivity contribution in [2.45, 2.75) is 13.3 Å². The summed E-state index contributed by atoms with van der Waals surface area (Å²) in [5.74, 6) is 7.68. The molecule has 106 valence electrons. The minimum absolute atomic E-state index is 0.629. The van der Waals surface area contributed by atoms with Crippen molar-refractivity contribution in [3.63, 3.8) is 0 Å². The number of nitrogens with two attached hydrogens (primary N) is 1. The molecule has 0 spiro atoms. The second-order valence-corrected chi connectivity index (χ2v) is 4.37. The van der Waals surface area contributed by atoms with Crippen LogP contribution in [0.4, 0.5) is 11.6 Å². The third-order valence-electron chi connectivity index (χ3n) is 3.06. The molecule has 0 atom stereocenters. The van der Waals surface area contributed by atoms with Gasteiger partial charge in [-0.25, -0.2) is 15.8 Å². The molecule has 0 aliphatic carbocycles. The number of hydrogen-bond donors (Lipinski definition) is 3. The average molecular weight is 273 g/mol. The van der Waals surface area contributed by atoms with Crippen LogP contribution >= 0.6 is 0 Å². The van der Waals surface area contributed by atoms with Crippen LogP contribution in [0.25, 0.3) is 0 Å². The highest BCUT2D eigenvalue weighted by atomic mass is 16.5. The van der Waals surface area contributed by atoms with Crippen molar-refractivity contribution >= 4 is 11.6 Å². The Morgan fingerprint density at radius 3 is 2.80 bits per heavy atom. The number of hydrazine groups is 1. The van der Waals surface area contributed by atoms with E-state index in [0.29, 0.717) is 5.82 Å². The number of hydrogen-bond acceptors (Lipinski definition) is 6. The molecule has 1 aromatic heterocycles. The zero-order valence-corrected chi connectivity index (χ0v) is 11.7. The third kappa shape index (κ3) is 3.36. The summed E-state index contributed by atoms with van der Waals surface area (Å²) in [6, 6.07) is 8.02. The van der Waals surface area contributed by atoms with Crippen LogP contribution in [0.15, 0.2) is 30.6 Å². The molecule has 1 heterocycles. The highest BCUT2D eigenvalue weighted by Gasteiger charge is 2.05. The molecule has 0 saturated carbocycles. The number of aromatic nitrogens is 2. The molecule has 1 aromatic carbocycles. The van der Waals surface area contributed by atoms with Gasteiger partial charge < -0.3 is 15.5 Å². The Balaban J connectivity index is 1.96. The van der Waals surface area contributed by atoms with Gasteiger partial charge in [0.1, 0.15) is 23.7 Å². The summed E-state index contributed by atoms with van der Waals surface area (Å²) in [5, 5.41) is 3.29. The van der Waals surface area contributed by atoms with Gasteiger partial charge in [-0.3, -0.25) is 0 Å². The monoisotopic (exact) mass is 273 g/mol. The van der Waals surface area contributed by atoms with Crippen LogP contribution in [0, 0.1) is 6.92 Å². The van der Waals surface area contributed by atoms with Crippen molar-refractivity contribution in [3.05, 3.63) is 41.7 Å². The number of nitrogens with one attached hydrogen (secondary N) is 2. The molecule has 2 rings (SSSR count). The van der Waals surface area contributed by atoms with Crippen molar-refractivity contribution in [2.75, 3.05) is 24.4 Å². The summed E-state index contributed by atoms with van der Waals surface area (Å²) >= 11 is 0. The van der Waals surface area contributed by atoms with Crippen LogP contribution in [0.2, 0.25) is 0 Å². The predicted octanol–water partition coefficient (Wildman–Crippen LogP) is 1.73. The van der Waals surface area contributed by atoms with Crippen molar-refractivity contribution in [1.82, 2.24) is 9.97 Å². The van der Waals surface area contributed by atoms with E-state index in [9.17, 15) is 0 Å². The first-order valence-electron chi connectivity index (χ1n) is 6.39. The molecule has 0 radical (unpaired) electrons. The number of rotatable bonds is 6. The van der Waals surface area contributed by atoms with Crippen LogP contribution in [0.1, 0.15) is 11.1 Å². The minimum Gasteiger partial charge on any atom is -0.497 e. The Kier molecular flexibility index (Phi) is 4.73. The van der Waals surface area contributed by atoms with Crippen molar-refractivity contribution in [3.8, 4) is 5.75 Å². The number of methoxy groups -OCH3 is 1. The molecule has 0 amide bonds. The lowest BCUT2D eigenvalue weighted by Gasteiger charge is -2.11. The first kappa shape index (κ1) is 14.1. The van der Waals surface area contributed by atoms with Gasteiger partial charge in [0.2, 0.25) is 0 Å². The predicted molar refractivity (Wildman–Crippen MR) is 79.8 cm³/mol. The summed E-state index contributed by atoms with van der Waals surface area (Å²) in [6.45, 7) is 2.69. The van der Waals surface area contributed by atoms with E-state index >= 15 is 0 Å². The van der Waals surface area contributed by atoms with E-state index in [1.54, 1.807) is 7.11 Å². The van der Waals surface area contributed by atoms with E-state index < -0.39 is 0 Å². The number of anilines is 2. The van der Waals surface area contributed by atoms with E-state index in [1.807, 2.05) is 25.1 Å². The molecule has 0 bridgehead atoms. The topological polar surface area (TPSA) is 85.1 Å². The Morgan fingerprint density at radius 2 is 2.05 bits per heavy atom. The highest BCUT2D eigenvalue weighted by Crippen LogP contribution is 2.17. The zero-order chi connectivity index (χ0) is 14.4. The maximum Gasteiger partial charge on any atom is 0.148 e. The van der Waals surface area contributed by atoms with Crippen LogP contribution in [0.5, 0.6) is 5.75 Å². The number of nitrogen functional groups attached to an aromatic ring is 1. The van der Waals surface area contributed by atoms with E-state index in [0.717, 1.165) is 30.1 Å². The van der Waals surface area contributed by atoms with Crippen LogP contribution < -0.4 is 21.3 Å². The number of nitrogens with zero attached hydrogens (tertiary/aromatic N) is 2. The molecule has 6 nitrogen and oxygen atoms in total. The maximum atomic E-state index is 5.39. The zero-order valence-electron chi connectivity index (χ0n) is 11.7. The highest BCUT2D eigenvalue weighted by molar-refractivity contribution is 5.55. The van der Waals surface area contributed by atoms with Gasteiger partial charge in [-0.15, -0.1) is 0 Å². The second-order valence-electron chi connectivity index (χ2n) is 4.37. The molecule has 0 unspecified atom stereocenters. The third-order valence-corrected chi connectivity index (χ3v) is 3.06. The molecule has 6 heteroatoms. The van der Waals surface area contributed by atoms with Gasteiger partial charge in [0, 0.05) is 12.1 Å². The van der Waals surface area contributed by atoms with Gasteiger partial charge in [-0.1, -0.05) is 12.1 Å². The lowest BCUT2D eigenvalue weighted by atomic mass is 10.1. The quantitative estimate of drug-likeness (QED) is 0.549. The van der Waals surface area contributed by atoms with Gasteiger partial charge >= 0.3 is 0 Å². The SMILES string of the molecule is COc1cccc(CCNc2ncnc(NN)c2C)c1. The smallest absolute Gasteiger partial charge is 0.148 e. The lowest BCUT2D eigenvalue weighted by Crippen LogP contribution is -2.13. The van der Waals surface area contributed by atoms with Gasteiger partial charge in [0.15, 0.2) is 0 Å². The average Bonchev–Trinajstić information content (AvgIpc) is 2.49. The minimum atomic E-state index is 0.629. The summed E-state index contributed by atoms with van der Waals surface area (Å²) in [6.07, 6.45) is 2.36. The number of benzene rings is 1. The summed E-state index contributed by atoms with van der Waals surface area (Å²) in [5.41, 5.74) is 4.66. The fraction of sp³-hybridized carbons (Fsp3) is 0.286. The Bertz CT molecular complexity index is 573. The first-order chi connectivity index (χ1) is 9.74. The van der Waals surface area contributed by atoms with E-state index in [4.69, 9.17) is 10.6 Å². The van der Waals surface area contributed by atoms with E-state index in [2.05, 4.69) is 26.8 Å². The Labute approximate surface area is 118 Å². The van der Waals surface area contributed by atoms with Crippen molar-refractivity contribution in [1.29, 1.82) is 0 Å². The van der Waals surface area contributed by atoms with Crippen LogP contribution in [-0.4, -0.2) is 23.6 Å². The molecular formula is C14H19N5O. The Hall–Kier alpha value is -2.34. The van der Waals surface area contributed by atoms with Crippen LogP contribution in [-0.2, 0) is 6.42 Å². The standard InChI is InChI=1S/C14H19N5O/c1-10-13(17-9-18-14(10)19-15)16-7-6-11-4-3-5-12(8-11)20-2/h3-5,8-9H,6-7,15H2,1-2H3,(H2,16,17,18,19). The molecule has 0 aliphatic heterocycles. The van der Waals surface area contributed by atoms with Crippen molar-refractivity contribution in [2.24, 2.45) is 5.84 Å². The molecule has 20 heavy (non-hydrogen) atoms. The maximum absolute atomic E-state index is 5.39. The fourth-order valence-electron chi connectivity index (χ4n) is 1.93. The largest absolute Gasteiger partial charge is 0.497 e. The summed E-state index contributed by atoms with van der Waals surface area (Å²) in [4.78, 5) is 8.25. The normalized spacial score (nSPS) is 10.2. The van der Waals surface area contributed by atoms with Gasteiger partial charge in [-0.05, 0) is 31.0 Å².